The fraction of sp³-hybridized carbons (Fsp3) is 0.333. The predicted molar refractivity (Wildman–Crippen MR) is 142 cm³/mol. The molecule has 0 bridgehead atoms. The number of nitrogens with one attached hydrogen (secondary N) is 1. The first-order valence-electron chi connectivity index (χ1n) is 12.6. The van der Waals surface area contributed by atoms with E-state index in [0.29, 0.717) is 23.4 Å². The lowest BCUT2D eigenvalue weighted by Crippen LogP contribution is -2.46. The van der Waals surface area contributed by atoms with Gasteiger partial charge in [0, 0.05) is 37.2 Å². The van der Waals surface area contributed by atoms with Crippen LogP contribution in [0.3, 0.4) is 0 Å². The van der Waals surface area contributed by atoms with Crippen molar-refractivity contribution < 1.29 is 27.8 Å². The molecular weight excluding hydrogens is 490 g/mol. The topological polar surface area (TPSA) is 90.6 Å². The molecule has 0 saturated heterocycles. The summed E-state index contributed by atoms with van der Waals surface area (Å²) in [6.07, 6.45) is 0.0861. The number of rotatable bonds is 14. The number of Topliss-reactive ketones (excluding diaryl/α,β-unsaturated/α-hetero) is 1. The van der Waals surface area contributed by atoms with E-state index in [1.165, 1.54) is 24.8 Å². The number of carbonyl (C=O) groups excluding carboxylic acids is 2. The minimum absolute atomic E-state index is 0.0283. The van der Waals surface area contributed by atoms with Crippen molar-refractivity contribution in [2.75, 3.05) is 13.7 Å². The van der Waals surface area contributed by atoms with E-state index >= 15 is 0 Å². The fourth-order valence-electron chi connectivity index (χ4n) is 4.10. The number of esters is 1. The van der Waals surface area contributed by atoms with E-state index in [9.17, 15) is 18.4 Å². The Balaban J connectivity index is 1.62. The Morgan fingerprint density at radius 2 is 1.61 bits per heavy atom. The summed E-state index contributed by atoms with van der Waals surface area (Å²) in [6.45, 7) is 2.84. The minimum atomic E-state index is -0.778. The zero-order chi connectivity index (χ0) is 27.5. The molecule has 3 rings (SSSR count). The number of carbonyl (C=O) groups is 2. The van der Waals surface area contributed by atoms with Gasteiger partial charge in [-0.3, -0.25) is 9.59 Å². The Hall–Kier alpha value is -3.62. The maximum Gasteiger partial charge on any atom is 0.306 e. The predicted octanol–water partition coefficient (Wildman–Crippen LogP) is 4.77. The number of nitrogens with two attached hydrogens (primary N) is 1. The highest BCUT2D eigenvalue weighted by atomic mass is 19.1. The first-order valence-corrected chi connectivity index (χ1v) is 12.6. The molecule has 0 heterocycles. The largest absolute Gasteiger partial charge is 0.497 e. The van der Waals surface area contributed by atoms with Crippen LogP contribution in [-0.4, -0.2) is 37.6 Å². The molecule has 0 aliphatic carbocycles. The van der Waals surface area contributed by atoms with E-state index in [0.717, 1.165) is 18.1 Å². The van der Waals surface area contributed by atoms with Crippen LogP contribution in [0.2, 0.25) is 0 Å². The number of aryl methyl sites for hydroxylation is 1. The van der Waals surface area contributed by atoms with Crippen LogP contribution in [0.4, 0.5) is 8.78 Å². The second-order valence-corrected chi connectivity index (χ2v) is 9.13. The molecule has 38 heavy (non-hydrogen) atoms. The number of ether oxygens (including phenoxy) is 2. The van der Waals surface area contributed by atoms with Gasteiger partial charge in [0.1, 0.15) is 23.5 Å². The standard InChI is InChI=1S/C30H34F2N2O4/c1-3-20-5-4-6-21(13-20)18-34-19-29(27(33)16-22-14-24(31)17-25(32)15-22)38-30(36)12-11-28(35)23-7-9-26(37-2)10-8-23/h4-10,13-15,17,27,29,34H,3,11-12,16,18-19,33H2,1-2H3. The number of methoxy groups -OCH3 is 1. The molecule has 8 heteroatoms. The molecule has 0 aliphatic heterocycles. The highest BCUT2D eigenvalue weighted by molar-refractivity contribution is 5.97. The Morgan fingerprint density at radius 3 is 2.26 bits per heavy atom. The summed E-state index contributed by atoms with van der Waals surface area (Å²) in [5.74, 6) is -1.55. The first kappa shape index (κ1) is 28.9. The Bertz CT molecular complexity index is 1200. The second kappa shape index (κ2) is 14.4. The lowest BCUT2D eigenvalue weighted by Gasteiger charge is -2.25. The number of halogens is 2. The van der Waals surface area contributed by atoms with Crippen LogP contribution in [0.1, 0.15) is 46.8 Å². The summed E-state index contributed by atoms with van der Waals surface area (Å²) in [6, 6.07) is 17.2. The average Bonchev–Trinajstić information content (AvgIpc) is 2.90. The summed E-state index contributed by atoms with van der Waals surface area (Å²) in [4.78, 5) is 25.2. The van der Waals surface area contributed by atoms with Crippen LogP contribution in [-0.2, 0) is 28.9 Å². The molecule has 3 aromatic carbocycles. The summed E-state index contributed by atoms with van der Waals surface area (Å²) in [5.41, 5.74) is 9.46. The highest BCUT2D eigenvalue weighted by Crippen LogP contribution is 2.15. The van der Waals surface area contributed by atoms with Crippen LogP contribution < -0.4 is 15.8 Å². The van der Waals surface area contributed by atoms with Crippen molar-refractivity contribution in [1.29, 1.82) is 0 Å². The normalized spacial score (nSPS) is 12.6. The van der Waals surface area contributed by atoms with Gasteiger partial charge in [-0.25, -0.2) is 8.78 Å². The van der Waals surface area contributed by atoms with Crippen molar-refractivity contribution in [3.8, 4) is 5.75 Å². The molecule has 3 aromatic rings. The second-order valence-electron chi connectivity index (χ2n) is 9.13. The fourth-order valence-corrected chi connectivity index (χ4v) is 4.10. The number of hydrogen-bond acceptors (Lipinski definition) is 6. The number of benzene rings is 3. The third-order valence-electron chi connectivity index (χ3n) is 6.20. The molecule has 6 nitrogen and oxygen atoms in total. The van der Waals surface area contributed by atoms with E-state index in [1.54, 1.807) is 24.3 Å². The van der Waals surface area contributed by atoms with Crippen LogP contribution in [0, 0.1) is 11.6 Å². The molecule has 202 valence electrons. The van der Waals surface area contributed by atoms with Crippen molar-refractivity contribution in [2.24, 2.45) is 5.73 Å². The lowest BCUT2D eigenvalue weighted by molar-refractivity contribution is -0.149. The van der Waals surface area contributed by atoms with Gasteiger partial charge < -0.3 is 20.5 Å². The van der Waals surface area contributed by atoms with Crippen molar-refractivity contribution in [1.82, 2.24) is 5.32 Å². The highest BCUT2D eigenvalue weighted by Gasteiger charge is 2.23. The van der Waals surface area contributed by atoms with Crippen LogP contribution in [0.15, 0.2) is 66.7 Å². The third kappa shape index (κ3) is 9.04. The average molecular weight is 525 g/mol. The molecule has 0 amide bonds. The molecule has 2 atom stereocenters. The molecule has 0 spiro atoms. The maximum absolute atomic E-state index is 13.7. The van der Waals surface area contributed by atoms with Gasteiger partial charge in [0.25, 0.3) is 0 Å². The van der Waals surface area contributed by atoms with Crippen LogP contribution in [0.25, 0.3) is 0 Å². The number of ketones is 1. The van der Waals surface area contributed by atoms with Crippen LogP contribution in [0.5, 0.6) is 5.75 Å². The van der Waals surface area contributed by atoms with Gasteiger partial charge in [0.15, 0.2) is 5.78 Å². The van der Waals surface area contributed by atoms with E-state index < -0.39 is 29.7 Å². The van der Waals surface area contributed by atoms with E-state index in [2.05, 4.69) is 24.4 Å². The van der Waals surface area contributed by atoms with E-state index in [4.69, 9.17) is 15.2 Å². The molecule has 0 saturated carbocycles. The Kier molecular flexibility index (Phi) is 10.9. The van der Waals surface area contributed by atoms with E-state index in [1.807, 2.05) is 12.1 Å². The summed E-state index contributed by atoms with van der Waals surface area (Å²) in [5, 5.41) is 3.27. The number of hydrogen-bond donors (Lipinski definition) is 2. The van der Waals surface area contributed by atoms with Crippen LogP contribution >= 0.6 is 0 Å². The molecule has 0 radical (unpaired) electrons. The van der Waals surface area contributed by atoms with Crippen molar-refractivity contribution in [2.45, 2.75) is 51.3 Å². The Labute approximate surface area is 222 Å². The van der Waals surface area contributed by atoms with Crippen molar-refractivity contribution in [3.63, 3.8) is 0 Å². The molecule has 2 unspecified atom stereocenters. The van der Waals surface area contributed by atoms with Gasteiger partial charge in [0.05, 0.1) is 13.5 Å². The SMILES string of the molecule is CCc1cccc(CNCC(OC(=O)CCC(=O)c2ccc(OC)cc2)C(N)Cc2cc(F)cc(F)c2)c1. The van der Waals surface area contributed by atoms with Gasteiger partial charge in [-0.2, -0.15) is 0 Å². The van der Waals surface area contributed by atoms with Gasteiger partial charge in [-0.05, 0) is 65.9 Å². The molecule has 0 aliphatic rings. The lowest BCUT2D eigenvalue weighted by atomic mass is 10.0. The molecular formula is C30H34F2N2O4. The van der Waals surface area contributed by atoms with Gasteiger partial charge in [-0.1, -0.05) is 31.2 Å². The maximum atomic E-state index is 13.7. The monoisotopic (exact) mass is 524 g/mol. The first-order chi connectivity index (χ1) is 18.3. The zero-order valence-electron chi connectivity index (χ0n) is 21.7. The third-order valence-corrected chi connectivity index (χ3v) is 6.20. The molecule has 0 aromatic heterocycles. The summed E-state index contributed by atoms with van der Waals surface area (Å²) < 4.78 is 38.1. The van der Waals surface area contributed by atoms with E-state index in [-0.39, 0.29) is 31.6 Å². The van der Waals surface area contributed by atoms with Gasteiger partial charge in [-0.15, -0.1) is 0 Å². The smallest absolute Gasteiger partial charge is 0.306 e. The van der Waals surface area contributed by atoms with Crippen molar-refractivity contribution in [3.05, 3.63) is 101 Å². The molecule has 3 N–H and O–H groups in total. The summed E-state index contributed by atoms with van der Waals surface area (Å²) in [7, 11) is 1.54. The minimum Gasteiger partial charge on any atom is -0.497 e. The van der Waals surface area contributed by atoms with Gasteiger partial charge in [0.2, 0.25) is 0 Å². The quantitative estimate of drug-likeness (QED) is 0.233. The Morgan fingerprint density at radius 1 is 0.921 bits per heavy atom. The van der Waals surface area contributed by atoms with Crippen molar-refractivity contribution >= 4 is 11.8 Å². The van der Waals surface area contributed by atoms with Gasteiger partial charge >= 0.3 is 5.97 Å². The molecule has 0 fully saturated rings. The zero-order valence-corrected chi connectivity index (χ0v) is 21.7. The summed E-state index contributed by atoms with van der Waals surface area (Å²) >= 11 is 0.